The van der Waals surface area contributed by atoms with Crippen molar-refractivity contribution >= 4 is 17.7 Å². The van der Waals surface area contributed by atoms with Gasteiger partial charge in [-0.3, -0.25) is 0 Å². The normalized spacial score (nSPS) is 16.9. The lowest BCUT2D eigenvalue weighted by atomic mass is 9.80. The second-order valence-corrected chi connectivity index (χ2v) is 4.55. The Balaban J connectivity index is 1.97. The molecule has 15 heavy (non-hydrogen) atoms. The summed E-state index contributed by atoms with van der Waals surface area (Å²) >= 11 is 5.61. The highest BCUT2D eigenvalue weighted by atomic mass is 35.5. The minimum atomic E-state index is 0.705. The van der Waals surface area contributed by atoms with Crippen molar-refractivity contribution in [1.82, 2.24) is 0 Å². The van der Waals surface area contributed by atoms with E-state index in [9.17, 15) is 0 Å². The molecule has 1 heteroatoms. The van der Waals surface area contributed by atoms with Crippen LogP contribution in [0.25, 0.3) is 6.08 Å². The molecular weight excluding hydrogens is 204 g/mol. The summed E-state index contributed by atoms with van der Waals surface area (Å²) in [5.41, 5.74) is 2.79. The van der Waals surface area contributed by atoms with Gasteiger partial charge in [0.15, 0.2) is 0 Å². The molecule has 1 aromatic carbocycles. The molecule has 0 amide bonds. The van der Waals surface area contributed by atoms with Crippen molar-refractivity contribution in [2.24, 2.45) is 0 Å². The summed E-state index contributed by atoms with van der Waals surface area (Å²) in [4.78, 5) is 0. The molecule has 0 saturated heterocycles. The van der Waals surface area contributed by atoms with E-state index in [1.807, 2.05) is 0 Å². The minimum Gasteiger partial charge on any atom is -0.126 e. The molecule has 1 aliphatic carbocycles. The van der Waals surface area contributed by atoms with Crippen LogP contribution in [0.1, 0.15) is 42.7 Å². The Morgan fingerprint density at radius 2 is 1.93 bits per heavy atom. The zero-order valence-electron chi connectivity index (χ0n) is 8.95. The molecule has 0 unspecified atom stereocenters. The lowest BCUT2D eigenvalue weighted by molar-refractivity contribution is 0.420. The zero-order valence-corrected chi connectivity index (χ0v) is 9.71. The van der Waals surface area contributed by atoms with Crippen molar-refractivity contribution in [2.45, 2.75) is 31.6 Å². The molecule has 0 aliphatic heterocycles. The third-order valence-electron chi connectivity index (χ3n) is 3.10. The van der Waals surface area contributed by atoms with Gasteiger partial charge in [-0.15, -0.1) is 11.6 Å². The van der Waals surface area contributed by atoms with Crippen LogP contribution in [0.3, 0.4) is 0 Å². The Morgan fingerprint density at radius 1 is 1.20 bits per heavy atom. The van der Waals surface area contributed by atoms with Gasteiger partial charge >= 0.3 is 0 Å². The molecule has 0 aromatic heterocycles. The van der Waals surface area contributed by atoms with E-state index in [0.29, 0.717) is 5.88 Å². The SMILES string of the molecule is ClCC/C=C/c1ccc(C2CCC2)cc1. The van der Waals surface area contributed by atoms with Crippen LogP contribution >= 0.6 is 11.6 Å². The number of allylic oxidation sites excluding steroid dienone is 1. The van der Waals surface area contributed by atoms with E-state index in [1.54, 1.807) is 0 Å². The Bertz CT molecular complexity index is 320. The van der Waals surface area contributed by atoms with Crippen molar-refractivity contribution in [2.75, 3.05) is 5.88 Å². The highest BCUT2D eigenvalue weighted by Gasteiger charge is 2.18. The molecule has 0 heterocycles. The molecular formula is C14H17Cl. The highest BCUT2D eigenvalue weighted by molar-refractivity contribution is 6.17. The lowest BCUT2D eigenvalue weighted by Gasteiger charge is -2.25. The van der Waals surface area contributed by atoms with Gasteiger partial charge in [0.25, 0.3) is 0 Å². The third-order valence-corrected chi connectivity index (χ3v) is 3.32. The number of hydrogen-bond donors (Lipinski definition) is 0. The Labute approximate surface area is 97.0 Å². The van der Waals surface area contributed by atoms with Gasteiger partial charge in [-0.05, 0) is 36.3 Å². The first-order valence-electron chi connectivity index (χ1n) is 5.72. The number of halogens is 1. The zero-order chi connectivity index (χ0) is 10.5. The van der Waals surface area contributed by atoms with Gasteiger partial charge in [0.1, 0.15) is 0 Å². The number of benzene rings is 1. The van der Waals surface area contributed by atoms with E-state index in [-0.39, 0.29) is 0 Å². The number of rotatable bonds is 4. The largest absolute Gasteiger partial charge is 0.126 e. The van der Waals surface area contributed by atoms with Crippen LogP contribution in [0.4, 0.5) is 0 Å². The maximum Gasteiger partial charge on any atom is 0.0258 e. The number of hydrogen-bond acceptors (Lipinski definition) is 0. The summed E-state index contributed by atoms with van der Waals surface area (Å²) in [5.74, 6) is 1.54. The Morgan fingerprint density at radius 3 is 2.47 bits per heavy atom. The molecule has 0 bridgehead atoms. The maximum atomic E-state index is 5.61. The van der Waals surface area contributed by atoms with Gasteiger partial charge in [-0.1, -0.05) is 42.8 Å². The summed E-state index contributed by atoms with van der Waals surface area (Å²) in [6.45, 7) is 0. The van der Waals surface area contributed by atoms with Crippen LogP contribution in [0.15, 0.2) is 30.3 Å². The van der Waals surface area contributed by atoms with Gasteiger partial charge < -0.3 is 0 Å². The molecule has 2 rings (SSSR count). The first-order chi connectivity index (χ1) is 7.40. The average Bonchev–Trinajstić information content (AvgIpc) is 2.18. The summed E-state index contributed by atoms with van der Waals surface area (Å²) < 4.78 is 0. The van der Waals surface area contributed by atoms with Crippen molar-refractivity contribution in [3.8, 4) is 0 Å². The first-order valence-corrected chi connectivity index (χ1v) is 6.26. The lowest BCUT2D eigenvalue weighted by Crippen LogP contribution is -2.08. The van der Waals surface area contributed by atoms with Crippen LogP contribution in [0.5, 0.6) is 0 Å². The van der Waals surface area contributed by atoms with Gasteiger partial charge in [0, 0.05) is 5.88 Å². The Kier molecular flexibility index (Phi) is 3.85. The fraction of sp³-hybridized carbons (Fsp3) is 0.429. The maximum absolute atomic E-state index is 5.61. The molecule has 1 aliphatic rings. The molecule has 0 radical (unpaired) electrons. The molecule has 0 N–H and O–H groups in total. The first kappa shape index (κ1) is 10.8. The topological polar surface area (TPSA) is 0 Å². The monoisotopic (exact) mass is 220 g/mol. The Hall–Kier alpha value is -0.750. The minimum absolute atomic E-state index is 0.705. The van der Waals surface area contributed by atoms with Crippen LogP contribution in [0, 0.1) is 0 Å². The van der Waals surface area contributed by atoms with Crippen molar-refractivity contribution in [3.63, 3.8) is 0 Å². The van der Waals surface area contributed by atoms with Crippen LogP contribution in [0.2, 0.25) is 0 Å². The van der Waals surface area contributed by atoms with Gasteiger partial charge in [-0.25, -0.2) is 0 Å². The molecule has 1 fully saturated rings. The van der Waals surface area contributed by atoms with Crippen LogP contribution < -0.4 is 0 Å². The summed E-state index contributed by atoms with van der Waals surface area (Å²) in [5, 5.41) is 0. The van der Waals surface area contributed by atoms with E-state index in [4.69, 9.17) is 11.6 Å². The standard InChI is InChI=1S/C14H17Cl/c15-11-2-1-4-12-7-9-14(10-8-12)13-5-3-6-13/h1,4,7-10,13H,2-3,5-6,11H2/b4-1+. The smallest absolute Gasteiger partial charge is 0.0258 e. The fourth-order valence-electron chi connectivity index (χ4n) is 1.90. The summed E-state index contributed by atoms with van der Waals surface area (Å²) in [6.07, 6.45) is 9.38. The van der Waals surface area contributed by atoms with Crippen LogP contribution in [-0.2, 0) is 0 Å². The molecule has 1 aromatic rings. The molecule has 0 spiro atoms. The van der Waals surface area contributed by atoms with E-state index in [1.165, 1.54) is 30.4 Å². The molecule has 1 saturated carbocycles. The number of alkyl halides is 1. The van der Waals surface area contributed by atoms with E-state index >= 15 is 0 Å². The van der Waals surface area contributed by atoms with Crippen LogP contribution in [-0.4, -0.2) is 5.88 Å². The van der Waals surface area contributed by atoms with Gasteiger partial charge in [0.2, 0.25) is 0 Å². The van der Waals surface area contributed by atoms with E-state index in [2.05, 4.69) is 36.4 Å². The van der Waals surface area contributed by atoms with Crippen molar-refractivity contribution < 1.29 is 0 Å². The van der Waals surface area contributed by atoms with E-state index in [0.717, 1.165) is 12.3 Å². The van der Waals surface area contributed by atoms with Crippen molar-refractivity contribution in [1.29, 1.82) is 0 Å². The summed E-state index contributed by atoms with van der Waals surface area (Å²) in [6, 6.07) is 8.95. The fourth-order valence-corrected chi connectivity index (χ4v) is 2.03. The predicted molar refractivity (Wildman–Crippen MR) is 67.4 cm³/mol. The molecule has 0 atom stereocenters. The van der Waals surface area contributed by atoms with Crippen molar-refractivity contribution in [3.05, 3.63) is 41.5 Å². The highest BCUT2D eigenvalue weighted by Crippen LogP contribution is 2.36. The summed E-state index contributed by atoms with van der Waals surface area (Å²) in [7, 11) is 0. The van der Waals surface area contributed by atoms with E-state index < -0.39 is 0 Å². The third kappa shape index (κ3) is 2.85. The second kappa shape index (κ2) is 5.37. The van der Waals surface area contributed by atoms with Gasteiger partial charge in [-0.2, -0.15) is 0 Å². The second-order valence-electron chi connectivity index (χ2n) is 4.17. The quantitative estimate of drug-likeness (QED) is 0.651. The van der Waals surface area contributed by atoms with Gasteiger partial charge in [0.05, 0.1) is 0 Å². The average molecular weight is 221 g/mol. The molecule has 0 nitrogen and oxygen atoms in total. The molecule has 80 valence electrons. The predicted octanol–water partition coefficient (Wildman–Crippen LogP) is 4.60.